The number of aromatic nitrogens is 1. The van der Waals surface area contributed by atoms with Gasteiger partial charge in [-0.3, -0.25) is 0 Å². The van der Waals surface area contributed by atoms with Crippen LogP contribution in [0.5, 0.6) is 0 Å². The topological polar surface area (TPSA) is 38.9 Å². The molecule has 0 aliphatic carbocycles. The first-order valence-electron chi connectivity index (χ1n) is 5.25. The number of hydrogen-bond acceptors (Lipinski definition) is 3. The van der Waals surface area contributed by atoms with Crippen LogP contribution in [0.25, 0.3) is 20.8 Å². The van der Waals surface area contributed by atoms with Crippen LogP contribution < -0.4 is 5.73 Å². The second kappa shape index (κ2) is 4.03. The van der Waals surface area contributed by atoms with E-state index < -0.39 is 11.6 Å². The SMILES string of the molecule is Nc1ccc2sc(-c3ccc(F)c(F)c3)nc2c1. The second-order valence-corrected chi connectivity index (χ2v) is 4.91. The molecular formula is C13H8F2N2S. The molecule has 0 spiro atoms. The first kappa shape index (κ1) is 11.1. The fraction of sp³-hybridized carbons (Fsp3) is 0. The van der Waals surface area contributed by atoms with Gasteiger partial charge in [0.1, 0.15) is 5.01 Å². The van der Waals surface area contributed by atoms with Crippen molar-refractivity contribution in [1.82, 2.24) is 4.98 Å². The largest absolute Gasteiger partial charge is 0.399 e. The number of nitrogens with zero attached hydrogens (tertiary/aromatic N) is 1. The van der Waals surface area contributed by atoms with Crippen LogP contribution in [0.4, 0.5) is 14.5 Å². The van der Waals surface area contributed by atoms with Crippen molar-refractivity contribution >= 4 is 27.2 Å². The maximum Gasteiger partial charge on any atom is 0.159 e. The van der Waals surface area contributed by atoms with Crippen molar-refractivity contribution in [3.63, 3.8) is 0 Å². The van der Waals surface area contributed by atoms with Crippen molar-refractivity contribution in [1.29, 1.82) is 0 Å². The number of rotatable bonds is 1. The van der Waals surface area contributed by atoms with Gasteiger partial charge in [-0.15, -0.1) is 11.3 Å². The molecule has 0 amide bonds. The first-order chi connectivity index (χ1) is 8.63. The maximum atomic E-state index is 13.2. The van der Waals surface area contributed by atoms with E-state index in [0.29, 0.717) is 16.3 Å². The number of thiazole rings is 1. The van der Waals surface area contributed by atoms with Gasteiger partial charge >= 0.3 is 0 Å². The molecule has 90 valence electrons. The number of nitrogen functional groups attached to an aromatic ring is 1. The second-order valence-electron chi connectivity index (χ2n) is 3.88. The fourth-order valence-corrected chi connectivity index (χ4v) is 2.64. The summed E-state index contributed by atoms with van der Waals surface area (Å²) in [5.41, 5.74) is 7.63. The van der Waals surface area contributed by atoms with Crippen LogP contribution in [0.3, 0.4) is 0 Å². The summed E-state index contributed by atoms with van der Waals surface area (Å²) in [6.45, 7) is 0. The summed E-state index contributed by atoms with van der Waals surface area (Å²) in [4.78, 5) is 4.36. The molecule has 0 aliphatic rings. The zero-order valence-corrected chi connectivity index (χ0v) is 9.97. The predicted molar refractivity (Wildman–Crippen MR) is 69.4 cm³/mol. The Labute approximate surface area is 106 Å². The molecular weight excluding hydrogens is 254 g/mol. The summed E-state index contributed by atoms with van der Waals surface area (Å²) < 4.78 is 27.0. The molecule has 0 aliphatic heterocycles. The Kier molecular flexibility index (Phi) is 2.48. The number of fused-ring (bicyclic) bond motifs is 1. The molecule has 2 N–H and O–H groups in total. The van der Waals surface area contributed by atoms with Gasteiger partial charge in [0.15, 0.2) is 11.6 Å². The lowest BCUT2D eigenvalue weighted by Crippen LogP contribution is -1.85. The van der Waals surface area contributed by atoms with Crippen LogP contribution in [0, 0.1) is 11.6 Å². The molecule has 2 aromatic carbocycles. The molecule has 5 heteroatoms. The number of anilines is 1. The van der Waals surface area contributed by atoms with E-state index in [1.54, 1.807) is 12.1 Å². The summed E-state index contributed by atoms with van der Waals surface area (Å²) in [5.74, 6) is -1.73. The molecule has 0 saturated heterocycles. The number of benzene rings is 2. The molecule has 3 aromatic rings. The Morgan fingerprint density at radius 1 is 1.00 bits per heavy atom. The van der Waals surface area contributed by atoms with Crippen LogP contribution in [0.1, 0.15) is 0 Å². The quantitative estimate of drug-likeness (QED) is 0.677. The predicted octanol–water partition coefficient (Wildman–Crippen LogP) is 3.82. The van der Waals surface area contributed by atoms with Crippen LogP contribution in [-0.2, 0) is 0 Å². The molecule has 1 heterocycles. The van der Waals surface area contributed by atoms with Crippen LogP contribution in [0.15, 0.2) is 36.4 Å². The van der Waals surface area contributed by atoms with Crippen molar-refractivity contribution in [3.05, 3.63) is 48.0 Å². The highest BCUT2D eigenvalue weighted by molar-refractivity contribution is 7.21. The lowest BCUT2D eigenvalue weighted by molar-refractivity contribution is 0.509. The van der Waals surface area contributed by atoms with Crippen LogP contribution >= 0.6 is 11.3 Å². The average Bonchev–Trinajstić information content (AvgIpc) is 2.75. The molecule has 0 saturated carbocycles. The Bertz CT molecular complexity index is 737. The van der Waals surface area contributed by atoms with Crippen LogP contribution in [0.2, 0.25) is 0 Å². The van der Waals surface area contributed by atoms with Gasteiger partial charge in [0, 0.05) is 11.3 Å². The average molecular weight is 262 g/mol. The van der Waals surface area contributed by atoms with E-state index in [1.807, 2.05) is 6.07 Å². The highest BCUT2D eigenvalue weighted by Crippen LogP contribution is 2.31. The lowest BCUT2D eigenvalue weighted by Gasteiger charge is -1.96. The molecule has 0 bridgehead atoms. The number of hydrogen-bond donors (Lipinski definition) is 1. The summed E-state index contributed by atoms with van der Waals surface area (Å²) in [6, 6.07) is 9.18. The van der Waals surface area contributed by atoms with Gasteiger partial charge in [0.25, 0.3) is 0 Å². The lowest BCUT2D eigenvalue weighted by atomic mass is 10.2. The minimum atomic E-state index is -0.869. The van der Waals surface area contributed by atoms with E-state index >= 15 is 0 Å². The third-order valence-corrected chi connectivity index (χ3v) is 3.66. The Morgan fingerprint density at radius 3 is 2.61 bits per heavy atom. The van der Waals surface area contributed by atoms with Gasteiger partial charge in [0.05, 0.1) is 10.2 Å². The van der Waals surface area contributed by atoms with Crippen LogP contribution in [-0.4, -0.2) is 4.98 Å². The van der Waals surface area contributed by atoms with Gasteiger partial charge in [0.2, 0.25) is 0 Å². The van der Waals surface area contributed by atoms with E-state index in [2.05, 4.69) is 4.98 Å². The zero-order chi connectivity index (χ0) is 12.7. The monoisotopic (exact) mass is 262 g/mol. The highest BCUT2D eigenvalue weighted by Gasteiger charge is 2.09. The number of halogens is 2. The van der Waals surface area contributed by atoms with Crippen molar-refractivity contribution in [2.75, 3.05) is 5.73 Å². The third-order valence-electron chi connectivity index (χ3n) is 2.58. The summed E-state index contributed by atoms with van der Waals surface area (Å²) >= 11 is 1.42. The van der Waals surface area contributed by atoms with Gasteiger partial charge in [-0.25, -0.2) is 13.8 Å². The van der Waals surface area contributed by atoms with Gasteiger partial charge < -0.3 is 5.73 Å². The fourth-order valence-electron chi connectivity index (χ4n) is 1.70. The molecule has 1 aromatic heterocycles. The summed E-state index contributed by atoms with van der Waals surface area (Å²) in [6.07, 6.45) is 0. The Morgan fingerprint density at radius 2 is 1.83 bits per heavy atom. The van der Waals surface area contributed by atoms with Crippen molar-refractivity contribution < 1.29 is 8.78 Å². The maximum absolute atomic E-state index is 13.2. The molecule has 2 nitrogen and oxygen atoms in total. The van der Waals surface area contributed by atoms with E-state index in [-0.39, 0.29) is 0 Å². The smallest absolute Gasteiger partial charge is 0.159 e. The van der Waals surface area contributed by atoms with Gasteiger partial charge in [-0.05, 0) is 36.4 Å². The Hall–Kier alpha value is -2.01. The molecule has 0 atom stereocenters. The van der Waals surface area contributed by atoms with E-state index in [4.69, 9.17) is 5.73 Å². The molecule has 0 radical (unpaired) electrons. The molecule has 0 fully saturated rings. The standard InChI is InChI=1S/C13H8F2N2S/c14-9-3-1-7(5-10(9)15)13-17-11-6-8(16)2-4-12(11)18-13/h1-6H,16H2. The molecule has 18 heavy (non-hydrogen) atoms. The normalized spacial score (nSPS) is 11.0. The minimum absolute atomic E-state index is 0.564. The zero-order valence-electron chi connectivity index (χ0n) is 9.15. The Balaban J connectivity index is 2.16. The highest BCUT2D eigenvalue weighted by atomic mass is 32.1. The van der Waals surface area contributed by atoms with Gasteiger partial charge in [-0.1, -0.05) is 0 Å². The van der Waals surface area contributed by atoms with Crippen molar-refractivity contribution in [3.8, 4) is 10.6 Å². The summed E-state index contributed by atoms with van der Waals surface area (Å²) in [7, 11) is 0. The van der Waals surface area contributed by atoms with Crippen molar-refractivity contribution in [2.24, 2.45) is 0 Å². The van der Waals surface area contributed by atoms with E-state index in [0.717, 1.165) is 22.3 Å². The first-order valence-corrected chi connectivity index (χ1v) is 6.06. The summed E-state index contributed by atoms with van der Waals surface area (Å²) in [5, 5.41) is 0.648. The molecule has 3 rings (SSSR count). The van der Waals surface area contributed by atoms with E-state index in [1.165, 1.54) is 17.4 Å². The minimum Gasteiger partial charge on any atom is -0.399 e. The van der Waals surface area contributed by atoms with Gasteiger partial charge in [-0.2, -0.15) is 0 Å². The third kappa shape index (κ3) is 1.82. The molecule has 0 unspecified atom stereocenters. The van der Waals surface area contributed by atoms with Crippen molar-refractivity contribution in [2.45, 2.75) is 0 Å². The number of nitrogens with two attached hydrogens (primary N) is 1. The van der Waals surface area contributed by atoms with E-state index in [9.17, 15) is 8.78 Å².